The van der Waals surface area contributed by atoms with Crippen LogP contribution in [-0.4, -0.2) is 57.0 Å². The van der Waals surface area contributed by atoms with Gasteiger partial charge in [0.1, 0.15) is 29.1 Å². The van der Waals surface area contributed by atoms with Crippen molar-refractivity contribution < 1.29 is 13.9 Å². The predicted octanol–water partition coefficient (Wildman–Crippen LogP) is 3.04. The number of halogens is 1. The molecule has 11 heteroatoms. The maximum absolute atomic E-state index is 13.3. The lowest BCUT2D eigenvalue weighted by molar-refractivity contribution is -0.0324. The lowest BCUT2D eigenvalue weighted by Crippen LogP contribution is -2.36. The summed E-state index contributed by atoms with van der Waals surface area (Å²) >= 11 is 0. The summed E-state index contributed by atoms with van der Waals surface area (Å²) in [6.45, 7) is 2.11. The first-order valence-electron chi connectivity index (χ1n) is 11.9. The Morgan fingerprint density at radius 2 is 2.06 bits per heavy atom. The number of carbonyl (C=O) groups excluding carboxylic acids is 1. The summed E-state index contributed by atoms with van der Waals surface area (Å²) < 4.78 is 22.2. The van der Waals surface area contributed by atoms with Gasteiger partial charge in [0.25, 0.3) is 11.5 Å². The number of fused-ring (bicyclic) bond motifs is 1. The van der Waals surface area contributed by atoms with E-state index < -0.39 is 18.1 Å². The monoisotopic (exact) mass is 483 g/mol. The largest absolute Gasteiger partial charge is 0.379 e. The van der Waals surface area contributed by atoms with E-state index in [0.29, 0.717) is 29.4 Å². The number of carbonyl (C=O) groups is 1. The number of hydrogen-bond donors (Lipinski definition) is 3. The number of pyridine rings is 1. The van der Waals surface area contributed by atoms with Gasteiger partial charge in [-0.3, -0.25) is 9.59 Å². The van der Waals surface area contributed by atoms with Crippen molar-refractivity contribution in [2.24, 2.45) is 0 Å². The van der Waals surface area contributed by atoms with Gasteiger partial charge < -0.3 is 25.3 Å². The third-order valence-corrected chi connectivity index (χ3v) is 7.14. The standard InChI is InChI=1S/C24H30FN7O3/c1-24(35-3)8-6-14(7-9-24)31-10-4-5-17(23(31)34)28-19-12-20(26-2)32-21(30-19)15(13-27-32)22(33)29-18-11-16(18)25/h4-5,10,12-14,16,18,26H,6-9,11H2,1-3H3,(H,28,30)(H,29,33)/t14-,16-,18+,24-/m1/s1. The van der Waals surface area contributed by atoms with Crippen LogP contribution in [0.4, 0.5) is 21.7 Å². The van der Waals surface area contributed by atoms with Gasteiger partial charge in [-0.2, -0.15) is 9.61 Å². The summed E-state index contributed by atoms with van der Waals surface area (Å²) in [4.78, 5) is 30.5. The quantitative estimate of drug-likeness (QED) is 0.473. The number of aromatic nitrogens is 4. The van der Waals surface area contributed by atoms with Crippen LogP contribution in [0.15, 0.2) is 35.4 Å². The van der Waals surface area contributed by atoms with Crippen LogP contribution in [0.1, 0.15) is 55.4 Å². The number of rotatable bonds is 7. The molecule has 0 unspecified atom stereocenters. The highest BCUT2D eigenvalue weighted by Gasteiger charge is 2.39. The zero-order valence-electron chi connectivity index (χ0n) is 20.0. The highest BCUT2D eigenvalue weighted by Crippen LogP contribution is 2.36. The summed E-state index contributed by atoms with van der Waals surface area (Å²) in [6.07, 6.45) is 6.03. The molecule has 0 bridgehead atoms. The Morgan fingerprint density at radius 1 is 1.31 bits per heavy atom. The third-order valence-electron chi connectivity index (χ3n) is 7.14. The summed E-state index contributed by atoms with van der Waals surface area (Å²) in [5.74, 6) is 0.532. The van der Waals surface area contributed by atoms with Crippen molar-refractivity contribution >= 4 is 28.9 Å². The van der Waals surface area contributed by atoms with Gasteiger partial charge in [-0.15, -0.1) is 0 Å². The lowest BCUT2D eigenvalue weighted by atomic mass is 9.83. The minimum absolute atomic E-state index is 0.0997. The molecule has 0 aliphatic heterocycles. The molecule has 5 rings (SSSR count). The third kappa shape index (κ3) is 4.47. The summed E-state index contributed by atoms with van der Waals surface area (Å²) in [6, 6.07) is 4.90. The molecule has 3 N–H and O–H groups in total. The molecule has 0 saturated heterocycles. The normalized spacial score (nSPS) is 25.9. The van der Waals surface area contributed by atoms with Crippen molar-refractivity contribution in [3.8, 4) is 0 Å². The fourth-order valence-electron chi connectivity index (χ4n) is 4.65. The van der Waals surface area contributed by atoms with Gasteiger partial charge in [-0.25, -0.2) is 9.37 Å². The van der Waals surface area contributed by atoms with Crippen LogP contribution in [0, 0.1) is 0 Å². The Morgan fingerprint density at radius 3 is 2.71 bits per heavy atom. The van der Waals surface area contributed by atoms with Crippen molar-refractivity contribution in [3.05, 3.63) is 46.5 Å². The molecular formula is C24H30FN7O3. The number of methoxy groups -OCH3 is 1. The minimum Gasteiger partial charge on any atom is -0.379 e. The summed E-state index contributed by atoms with van der Waals surface area (Å²) in [5, 5.41) is 13.1. The fourth-order valence-corrected chi connectivity index (χ4v) is 4.65. The Labute approximate surface area is 201 Å². The first-order valence-corrected chi connectivity index (χ1v) is 11.9. The van der Waals surface area contributed by atoms with Crippen molar-refractivity contribution in [1.82, 2.24) is 24.5 Å². The summed E-state index contributed by atoms with van der Waals surface area (Å²) in [7, 11) is 3.46. The maximum Gasteiger partial charge on any atom is 0.274 e. The van der Waals surface area contributed by atoms with Crippen LogP contribution >= 0.6 is 0 Å². The lowest BCUT2D eigenvalue weighted by Gasteiger charge is -2.36. The van der Waals surface area contributed by atoms with Crippen molar-refractivity contribution in [2.75, 3.05) is 24.8 Å². The van der Waals surface area contributed by atoms with E-state index in [9.17, 15) is 14.0 Å². The molecule has 186 valence electrons. The first-order chi connectivity index (χ1) is 16.8. The zero-order chi connectivity index (χ0) is 24.7. The van der Waals surface area contributed by atoms with E-state index in [2.05, 4.69) is 33.0 Å². The molecule has 0 spiro atoms. The molecule has 2 aliphatic carbocycles. The van der Waals surface area contributed by atoms with Gasteiger partial charge in [-0.1, -0.05) is 0 Å². The number of alkyl halides is 1. The first kappa shape index (κ1) is 23.3. The topological polar surface area (TPSA) is 115 Å². The molecule has 2 saturated carbocycles. The van der Waals surface area contributed by atoms with Crippen LogP contribution in [-0.2, 0) is 4.74 Å². The van der Waals surface area contributed by atoms with E-state index in [1.807, 2.05) is 12.3 Å². The van der Waals surface area contributed by atoms with Crippen molar-refractivity contribution in [3.63, 3.8) is 0 Å². The SMILES string of the molecule is CNc1cc(Nc2cccn([C@H]3CC[C@](C)(OC)CC3)c2=O)nc2c(C(=O)N[C@H]3C[C@H]3F)cnn12. The average Bonchev–Trinajstić information content (AvgIpc) is 3.37. The number of anilines is 3. The minimum atomic E-state index is -1.01. The molecule has 0 aromatic carbocycles. The Hall–Kier alpha value is -3.47. The van der Waals surface area contributed by atoms with E-state index in [0.717, 1.165) is 25.7 Å². The van der Waals surface area contributed by atoms with Gasteiger partial charge in [0, 0.05) is 38.9 Å². The van der Waals surface area contributed by atoms with Crippen LogP contribution in [0.3, 0.4) is 0 Å². The molecule has 3 aromatic rings. The van der Waals surface area contributed by atoms with Gasteiger partial charge >= 0.3 is 0 Å². The molecule has 2 fully saturated rings. The zero-order valence-corrected chi connectivity index (χ0v) is 20.0. The van der Waals surface area contributed by atoms with Gasteiger partial charge in [0.2, 0.25) is 0 Å². The Kier molecular flexibility index (Phi) is 5.96. The van der Waals surface area contributed by atoms with E-state index in [4.69, 9.17) is 4.74 Å². The molecule has 35 heavy (non-hydrogen) atoms. The second kappa shape index (κ2) is 8.95. The van der Waals surface area contributed by atoms with Crippen molar-refractivity contribution in [2.45, 2.75) is 62.9 Å². The second-order valence-electron chi connectivity index (χ2n) is 9.55. The second-order valence-corrected chi connectivity index (χ2v) is 9.55. The van der Waals surface area contributed by atoms with Gasteiger partial charge in [0.05, 0.1) is 17.8 Å². The number of hydrogen-bond acceptors (Lipinski definition) is 7. The highest BCUT2D eigenvalue weighted by atomic mass is 19.1. The van der Waals surface area contributed by atoms with E-state index >= 15 is 0 Å². The molecule has 2 aliphatic rings. The van der Waals surface area contributed by atoms with Crippen LogP contribution in [0.2, 0.25) is 0 Å². The Bertz CT molecular complexity index is 1310. The van der Waals surface area contributed by atoms with Crippen molar-refractivity contribution in [1.29, 1.82) is 0 Å². The van der Waals surface area contributed by atoms with Gasteiger partial charge in [0.15, 0.2) is 5.65 Å². The molecule has 10 nitrogen and oxygen atoms in total. The molecule has 3 heterocycles. The number of nitrogens with zero attached hydrogens (tertiary/aromatic N) is 4. The molecule has 2 atom stereocenters. The molecule has 1 amide bonds. The van der Waals surface area contributed by atoms with E-state index in [1.165, 1.54) is 10.7 Å². The summed E-state index contributed by atoms with van der Waals surface area (Å²) in [5.41, 5.74) is 0.641. The number of amides is 1. The predicted molar refractivity (Wildman–Crippen MR) is 130 cm³/mol. The van der Waals surface area contributed by atoms with Crippen LogP contribution in [0.25, 0.3) is 5.65 Å². The van der Waals surface area contributed by atoms with Gasteiger partial charge in [-0.05, 0) is 44.7 Å². The molecule has 0 radical (unpaired) electrons. The number of nitrogens with one attached hydrogen (secondary N) is 3. The maximum atomic E-state index is 13.3. The van der Waals surface area contributed by atoms with E-state index in [1.54, 1.807) is 30.9 Å². The highest BCUT2D eigenvalue weighted by molar-refractivity contribution is 6.00. The fraction of sp³-hybridized carbons (Fsp3) is 0.500. The number of ether oxygens (including phenoxy) is 1. The Balaban J connectivity index is 1.42. The average molecular weight is 484 g/mol. The van der Waals surface area contributed by atoms with Crippen LogP contribution < -0.4 is 21.5 Å². The van der Waals surface area contributed by atoms with Crippen LogP contribution in [0.5, 0.6) is 0 Å². The molecular weight excluding hydrogens is 453 g/mol. The smallest absolute Gasteiger partial charge is 0.274 e. The molecule has 3 aromatic heterocycles. The van der Waals surface area contributed by atoms with E-state index in [-0.39, 0.29) is 22.8 Å².